The Balaban J connectivity index is 2.09. The van der Waals surface area contributed by atoms with Crippen LogP contribution < -0.4 is 0 Å². The van der Waals surface area contributed by atoms with Crippen LogP contribution in [0.25, 0.3) is 0 Å². The molecule has 1 aliphatic rings. The molecular weight excluding hydrogens is 246 g/mol. The Bertz CT molecular complexity index is 377. The van der Waals surface area contributed by atoms with Crippen molar-refractivity contribution in [1.82, 2.24) is 4.90 Å². The standard InChI is InChI=1S/C15H21ClNO/c1-11(2)7-17-8-13(10-18)15(9-17)12-3-5-14(16)6-4-12/h3-6,13,15,18H,7-10H2,1-2H3. The molecule has 1 saturated heterocycles. The number of hydrogen-bond acceptors (Lipinski definition) is 2. The maximum Gasteiger partial charge on any atom is 0.0477 e. The zero-order valence-electron chi connectivity index (χ0n) is 11.1. The number of hydrogen-bond donors (Lipinski definition) is 1. The molecule has 0 aliphatic carbocycles. The molecule has 2 atom stereocenters. The Hall–Kier alpha value is -0.570. The maximum absolute atomic E-state index is 9.54. The first kappa shape index (κ1) is 13.9. The average molecular weight is 267 g/mol. The lowest BCUT2D eigenvalue weighted by Gasteiger charge is -2.18. The van der Waals surface area contributed by atoms with E-state index in [2.05, 4.69) is 30.9 Å². The zero-order valence-corrected chi connectivity index (χ0v) is 11.8. The number of aliphatic hydroxyl groups excluding tert-OH is 1. The van der Waals surface area contributed by atoms with Gasteiger partial charge in [0.05, 0.1) is 0 Å². The molecule has 2 unspecified atom stereocenters. The second-order valence-corrected chi connectivity index (χ2v) is 5.94. The summed E-state index contributed by atoms with van der Waals surface area (Å²) in [6, 6.07) is 8.04. The van der Waals surface area contributed by atoms with E-state index in [0.717, 1.165) is 24.7 Å². The van der Waals surface area contributed by atoms with Gasteiger partial charge in [0, 0.05) is 43.1 Å². The fourth-order valence-corrected chi connectivity index (χ4v) is 2.94. The number of rotatable bonds is 4. The van der Waals surface area contributed by atoms with Crippen LogP contribution in [-0.2, 0) is 0 Å². The minimum absolute atomic E-state index is 0.257. The van der Waals surface area contributed by atoms with E-state index in [9.17, 15) is 5.11 Å². The van der Waals surface area contributed by atoms with E-state index in [1.54, 1.807) is 0 Å². The van der Waals surface area contributed by atoms with E-state index in [4.69, 9.17) is 11.6 Å². The average Bonchev–Trinajstić information content (AvgIpc) is 2.72. The van der Waals surface area contributed by atoms with Gasteiger partial charge in [-0.25, -0.2) is 0 Å². The van der Waals surface area contributed by atoms with Crippen LogP contribution >= 0.6 is 11.6 Å². The lowest BCUT2D eigenvalue weighted by molar-refractivity contribution is 0.216. The van der Waals surface area contributed by atoms with Gasteiger partial charge in [-0.15, -0.1) is 0 Å². The molecule has 0 bridgehead atoms. The van der Waals surface area contributed by atoms with Gasteiger partial charge in [-0.1, -0.05) is 37.6 Å². The maximum atomic E-state index is 9.54. The van der Waals surface area contributed by atoms with Crippen molar-refractivity contribution < 1.29 is 5.11 Å². The summed E-state index contributed by atoms with van der Waals surface area (Å²) in [4.78, 5) is 2.43. The van der Waals surface area contributed by atoms with Crippen molar-refractivity contribution in [1.29, 1.82) is 0 Å². The van der Waals surface area contributed by atoms with E-state index in [0.29, 0.717) is 11.8 Å². The van der Waals surface area contributed by atoms with Gasteiger partial charge in [0.2, 0.25) is 0 Å². The summed E-state index contributed by atoms with van der Waals surface area (Å²) in [5.74, 6) is 2.18. The van der Waals surface area contributed by atoms with E-state index < -0.39 is 0 Å². The van der Waals surface area contributed by atoms with Crippen LogP contribution in [0.3, 0.4) is 0 Å². The Morgan fingerprint density at radius 3 is 2.50 bits per heavy atom. The van der Waals surface area contributed by atoms with Crippen molar-refractivity contribution in [3.8, 4) is 0 Å². The molecule has 1 radical (unpaired) electrons. The second kappa shape index (κ2) is 6.05. The van der Waals surface area contributed by atoms with Gasteiger partial charge in [-0.3, -0.25) is 0 Å². The highest BCUT2D eigenvalue weighted by molar-refractivity contribution is 6.30. The Kier molecular flexibility index (Phi) is 4.66. The lowest BCUT2D eigenvalue weighted by atomic mass is 9.90. The predicted molar refractivity (Wildman–Crippen MR) is 75.8 cm³/mol. The van der Waals surface area contributed by atoms with Gasteiger partial charge in [0.15, 0.2) is 0 Å². The van der Waals surface area contributed by atoms with E-state index >= 15 is 0 Å². The molecule has 1 aliphatic heterocycles. The van der Waals surface area contributed by atoms with Gasteiger partial charge in [-0.2, -0.15) is 0 Å². The van der Waals surface area contributed by atoms with Crippen molar-refractivity contribution >= 4 is 11.6 Å². The topological polar surface area (TPSA) is 23.5 Å². The Morgan fingerprint density at radius 1 is 1.28 bits per heavy atom. The van der Waals surface area contributed by atoms with Gasteiger partial charge in [-0.05, 0) is 23.6 Å². The molecule has 1 aromatic carbocycles. The van der Waals surface area contributed by atoms with Gasteiger partial charge in [0.25, 0.3) is 0 Å². The molecule has 99 valence electrons. The third-order valence-corrected chi connectivity index (χ3v) is 3.84. The molecule has 0 saturated carbocycles. The predicted octanol–water partition coefficient (Wildman–Crippen LogP) is 2.96. The van der Waals surface area contributed by atoms with Crippen molar-refractivity contribution in [2.45, 2.75) is 19.8 Å². The molecule has 3 heteroatoms. The third-order valence-electron chi connectivity index (χ3n) is 3.59. The summed E-state index contributed by atoms with van der Waals surface area (Å²) in [7, 11) is 0. The fourth-order valence-electron chi connectivity index (χ4n) is 2.81. The Labute approximate surface area is 115 Å². The molecule has 1 N–H and O–H groups in total. The number of nitrogens with zero attached hydrogens (tertiary/aromatic N) is 1. The van der Waals surface area contributed by atoms with Crippen LogP contribution in [0.1, 0.15) is 25.3 Å². The molecule has 0 amide bonds. The molecule has 1 aromatic rings. The third kappa shape index (κ3) is 3.25. The molecular formula is C15H21ClNO. The van der Waals surface area contributed by atoms with Gasteiger partial charge >= 0.3 is 0 Å². The summed E-state index contributed by atoms with van der Waals surface area (Å²) in [6.45, 7) is 7.60. The van der Waals surface area contributed by atoms with Crippen LogP contribution in [0.4, 0.5) is 0 Å². The summed E-state index contributed by atoms with van der Waals surface area (Å²) in [5, 5.41) is 10.3. The first-order valence-electron chi connectivity index (χ1n) is 6.48. The van der Waals surface area contributed by atoms with Crippen molar-refractivity contribution in [2.75, 3.05) is 26.2 Å². The first-order chi connectivity index (χ1) is 8.60. The normalized spacial score (nSPS) is 24.9. The first-order valence-corrected chi connectivity index (χ1v) is 6.85. The largest absolute Gasteiger partial charge is 0.396 e. The van der Waals surface area contributed by atoms with Crippen LogP contribution in [0, 0.1) is 11.8 Å². The Morgan fingerprint density at radius 2 is 1.94 bits per heavy atom. The molecule has 1 heterocycles. The number of aliphatic hydroxyl groups is 1. The highest BCUT2D eigenvalue weighted by atomic mass is 35.5. The van der Waals surface area contributed by atoms with Crippen LogP contribution in [-0.4, -0.2) is 36.2 Å². The quantitative estimate of drug-likeness (QED) is 0.906. The van der Waals surface area contributed by atoms with E-state index in [1.807, 2.05) is 12.1 Å². The lowest BCUT2D eigenvalue weighted by Crippen LogP contribution is -2.25. The SMILES string of the molecule is C[C](C)CN1CC(CO)C(c2ccc(Cl)cc2)C1. The summed E-state index contributed by atoms with van der Waals surface area (Å²) < 4.78 is 0. The molecule has 2 rings (SSSR count). The number of likely N-dealkylation sites (tertiary alicyclic amines) is 1. The summed E-state index contributed by atoms with van der Waals surface area (Å²) in [5.41, 5.74) is 1.29. The minimum Gasteiger partial charge on any atom is -0.396 e. The second-order valence-electron chi connectivity index (χ2n) is 5.50. The highest BCUT2D eigenvalue weighted by Crippen LogP contribution is 2.33. The summed E-state index contributed by atoms with van der Waals surface area (Å²) in [6.07, 6.45) is 0. The van der Waals surface area contributed by atoms with Crippen LogP contribution in [0.5, 0.6) is 0 Å². The molecule has 2 nitrogen and oxygen atoms in total. The minimum atomic E-state index is 0.257. The van der Waals surface area contributed by atoms with Crippen molar-refractivity contribution in [3.05, 3.63) is 40.8 Å². The highest BCUT2D eigenvalue weighted by Gasteiger charge is 2.33. The summed E-state index contributed by atoms with van der Waals surface area (Å²) >= 11 is 5.92. The van der Waals surface area contributed by atoms with Crippen molar-refractivity contribution in [2.24, 2.45) is 5.92 Å². The van der Waals surface area contributed by atoms with E-state index in [-0.39, 0.29) is 6.61 Å². The molecule has 0 spiro atoms. The van der Waals surface area contributed by atoms with Gasteiger partial charge in [0.1, 0.15) is 0 Å². The number of benzene rings is 1. The number of halogens is 1. The van der Waals surface area contributed by atoms with Crippen molar-refractivity contribution in [3.63, 3.8) is 0 Å². The molecule has 0 aromatic heterocycles. The van der Waals surface area contributed by atoms with Crippen LogP contribution in [0.2, 0.25) is 5.02 Å². The molecule has 1 fully saturated rings. The zero-order chi connectivity index (χ0) is 13.1. The monoisotopic (exact) mass is 266 g/mol. The smallest absolute Gasteiger partial charge is 0.0477 e. The van der Waals surface area contributed by atoms with Gasteiger partial charge < -0.3 is 10.0 Å². The fraction of sp³-hybridized carbons (Fsp3) is 0.533. The van der Waals surface area contributed by atoms with Crippen LogP contribution in [0.15, 0.2) is 24.3 Å². The molecule has 18 heavy (non-hydrogen) atoms. The van der Waals surface area contributed by atoms with E-state index in [1.165, 1.54) is 11.5 Å².